The number of amides is 1. The van der Waals surface area contributed by atoms with Crippen LogP contribution in [0.15, 0.2) is 18.2 Å². The van der Waals surface area contributed by atoms with E-state index in [1.165, 1.54) is 6.07 Å². The summed E-state index contributed by atoms with van der Waals surface area (Å²) in [6, 6.07) is 5.06. The molecule has 0 aliphatic carbocycles. The van der Waals surface area contributed by atoms with Crippen LogP contribution in [0.1, 0.15) is 35.7 Å². The van der Waals surface area contributed by atoms with Gasteiger partial charge in [0.1, 0.15) is 5.75 Å². The molecule has 1 saturated heterocycles. The smallest absolute Gasteiger partial charge is 0.254 e. The molecule has 0 aromatic heterocycles. The van der Waals surface area contributed by atoms with E-state index >= 15 is 0 Å². The Hall–Kier alpha value is -1.55. The first-order chi connectivity index (χ1) is 9.11. The first-order valence-electron chi connectivity index (χ1n) is 6.82. The molecule has 4 nitrogen and oxygen atoms in total. The van der Waals surface area contributed by atoms with Crippen molar-refractivity contribution in [3.63, 3.8) is 0 Å². The van der Waals surface area contributed by atoms with Crippen molar-refractivity contribution in [2.75, 3.05) is 19.7 Å². The number of rotatable bonds is 4. The fourth-order valence-corrected chi connectivity index (χ4v) is 2.31. The summed E-state index contributed by atoms with van der Waals surface area (Å²) in [6.45, 7) is 5.84. The summed E-state index contributed by atoms with van der Waals surface area (Å²) in [5, 5.41) is 9.69. The standard InChI is InChI=1S/C15H21NO3/c1-3-16(10-13-5-4-8-19-13)15(18)12-7-6-11(2)14(17)9-12/h6-7,9,13,17H,3-5,8,10H2,1-2H3. The van der Waals surface area contributed by atoms with Gasteiger partial charge in [0.15, 0.2) is 0 Å². The van der Waals surface area contributed by atoms with E-state index < -0.39 is 0 Å². The monoisotopic (exact) mass is 263 g/mol. The molecule has 0 radical (unpaired) electrons. The molecule has 104 valence electrons. The number of nitrogens with zero attached hydrogens (tertiary/aromatic N) is 1. The van der Waals surface area contributed by atoms with E-state index in [1.807, 2.05) is 13.8 Å². The minimum atomic E-state index is -0.0479. The number of hydrogen-bond acceptors (Lipinski definition) is 3. The van der Waals surface area contributed by atoms with E-state index in [2.05, 4.69) is 0 Å². The number of aromatic hydroxyl groups is 1. The predicted octanol–water partition coefficient (Wildman–Crippen LogP) is 2.34. The van der Waals surface area contributed by atoms with Crippen molar-refractivity contribution in [1.82, 2.24) is 4.90 Å². The lowest BCUT2D eigenvalue weighted by Crippen LogP contribution is -2.37. The minimum Gasteiger partial charge on any atom is -0.508 e. The second kappa shape index (κ2) is 6.06. The SMILES string of the molecule is CCN(CC1CCCO1)C(=O)c1ccc(C)c(O)c1. The quantitative estimate of drug-likeness (QED) is 0.907. The molecule has 1 aliphatic heterocycles. The van der Waals surface area contributed by atoms with Crippen molar-refractivity contribution >= 4 is 5.91 Å². The number of likely N-dealkylation sites (N-methyl/N-ethyl adjacent to an activating group) is 1. The molecule has 1 amide bonds. The topological polar surface area (TPSA) is 49.8 Å². The van der Waals surface area contributed by atoms with Crippen molar-refractivity contribution in [2.24, 2.45) is 0 Å². The van der Waals surface area contributed by atoms with Gasteiger partial charge in [0.2, 0.25) is 0 Å². The Morgan fingerprint density at radius 3 is 2.89 bits per heavy atom. The maximum Gasteiger partial charge on any atom is 0.254 e. The highest BCUT2D eigenvalue weighted by Crippen LogP contribution is 2.20. The summed E-state index contributed by atoms with van der Waals surface area (Å²) >= 11 is 0. The van der Waals surface area contributed by atoms with Gasteiger partial charge in [-0.25, -0.2) is 0 Å². The Bertz CT molecular complexity index is 453. The largest absolute Gasteiger partial charge is 0.508 e. The highest BCUT2D eigenvalue weighted by Gasteiger charge is 2.22. The molecule has 1 heterocycles. The van der Waals surface area contributed by atoms with Gasteiger partial charge in [-0.15, -0.1) is 0 Å². The summed E-state index contributed by atoms with van der Waals surface area (Å²) in [5.41, 5.74) is 1.31. The molecule has 1 atom stereocenters. The third kappa shape index (κ3) is 3.26. The van der Waals surface area contributed by atoms with Gasteiger partial charge in [0, 0.05) is 25.3 Å². The second-order valence-corrected chi connectivity index (χ2v) is 4.98. The van der Waals surface area contributed by atoms with Crippen LogP contribution in [-0.4, -0.2) is 41.7 Å². The molecule has 1 aliphatic rings. The van der Waals surface area contributed by atoms with Crippen LogP contribution in [-0.2, 0) is 4.74 Å². The fraction of sp³-hybridized carbons (Fsp3) is 0.533. The minimum absolute atomic E-state index is 0.0479. The highest BCUT2D eigenvalue weighted by atomic mass is 16.5. The number of benzene rings is 1. The Kier molecular flexibility index (Phi) is 4.43. The normalized spacial score (nSPS) is 18.5. The summed E-state index contributed by atoms with van der Waals surface area (Å²) < 4.78 is 5.57. The van der Waals surface area contributed by atoms with Crippen molar-refractivity contribution in [1.29, 1.82) is 0 Å². The van der Waals surface area contributed by atoms with Gasteiger partial charge in [-0.2, -0.15) is 0 Å². The summed E-state index contributed by atoms with van der Waals surface area (Å²) in [7, 11) is 0. The van der Waals surface area contributed by atoms with Crippen LogP contribution in [0.25, 0.3) is 0 Å². The molecule has 1 fully saturated rings. The maximum absolute atomic E-state index is 12.4. The lowest BCUT2D eigenvalue weighted by atomic mass is 10.1. The molecule has 0 saturated carbocycles. The maximum atomic E-state index is 12.4. The lowest BCUT2D eigenvalue weighted by Gasteiger charge is -2.24. The van der Waals surface area contributed by atoms with E-state index in [4.69, 9.17) is 4.74 Å². The third-order valence-electron chi connectivity index (χ3n) is 3.57. The number of aryl methyl sites for hydroxylation is 1. The van der Waals surface area contributed by atoms with Gasteiger partial charge in [-0.1, -0.05) is 6.07 Å². The van der Waals surface area contributed by atoms with Crippen molar-refractivity contribution < 1.29 is 14.6 Å². The summed E-state index contributed by atoms with van der Waals surface area (Å²) in [6.07, 6.45) is 2.24. The average molecular weight is 263 g/mol. The van der Waals surface area contributed by atoms with Gasteiger partial charge in [-0.3, -0.25) is 4.79 Å². The molecule has 19 heavy (non-hydrogen) atoms. The van der Waals surface area contributed by atoms with Gasteiger partial charge >= 0.3 is 0 Å². The van der Waals surface area contributed by atoms with Crippen LogP contribution in [0, 0.1) is 6.92 Å². The Morgan fingerprint density at radius 2 is 2.32 bits per heavy atom. The van der Waals surface area contributed by atoms with Gasteiger partial charge in [0.25, 0.3) is 5.91 Å². The molecule has 1 aromatic rings. The molecular formula is C15H21NO3. The van der Waals surface area contributed by atoms with Crippen molar-refractivity contribution in [2.45, 2.75) is 32.8 Å². The van der Waals surface area contributed by atoms with Gasteiger partial charge in [-0.05, 0) is 44.4 Å². The van der Waals surface area contributed by atoms with Crippen LogP contribution < -0.4 is 0 Å². The first kappa shape index (κ1) is 13.9. The summed E-state index contributed by atoms with van der Waals surface area (Å²) in [5.74, 6) is 0.118. The molecule has 2 rings (SSSR count). The number of carbonyl (C=O) groups excluding carboxylic acids is 1. The Morgan fingerprint density at radius 1 is 1.53 bits per heavy atom. The lowest BCUT2D eigenvalue weighted by molar-refractivity contribution is 0.0539. The van der Waals surface area contributed by atoms with Crippen LogP contribution in [0.5, 0.6) is 5.75 Å². The van der Waals surface area contributed by atoms with Crippen LogP contribution in [0.3, 0.4) is 0 Å². The molecule has 1 unspecified atom stereocenters. The third-order valence-corrected chi connectivity index (χ3v) is 3.57. The van der Waals surface area contributed by atoms with E-state index in [0.29, 0.717) is 18.7 Å². The van der Waals surface area contributed by atoms with E-state index in [9.17, 15) is 9.90 Å². The van der Waals surface area contributed by atoms with Crippen molar-refractivity contribution in [3.05, 3.63) is 29.3 Å². The number of carbonyl (C=O) groups is 1. The molecular weight excluding hydrogens is 242 g/mol. The molecule has 4 heteroatoms. The number of phenols is 1. The molecule has 0 spiro atoms. The van der Waals surface area contributed by atoms with E-state index in [-0.39, 0.29) is 17.8 Å². The van der Waals surface area contributed by atoms with Crippen molar-refractivity contribution in [3.8, 4) is 5.75 Å². The zero-order valence-electron chi connectivity index (χ0n) is 11.6. The molecule has 0 bridgehead atoms. The Balaban J connectivity index is 2.08. The van der Waals surface area contributed by atoms with E-state index in [1.54, 1.807) is 17.0 Å². The second-order valence-electron chi connectivity index (χ2n) is 4.98. The first-order valence-corrected chi connectivity index (χ1v) is 6.82. The van der Waals surface area contributed by atoms with Gasteiger partial charge in [0.05, 0.1) is 6.10 Å². The number of ether oxygens (including phenoxy) is 1. The zero-order valence-corrected chi connectivity index (χ0v) is 11.6. The predicted molar refractivity (Wildman–Crippen MR) is 73.4 cm³/mol. The average Bonchev–Trinajstić information content (AvgIpc) is 2.91. The highest BCUT2D eigenvalue weighted by molar-refractivity contribution is 5.94. The number of hydrogen-bond donors (Lipinski definition) is 1. The van der Waals surface area contributed by atoms with E-state index in [0.717, 1.165) is 25.0 Å². The molecule has 1 N–H and O–H groups in total. The van der Waals surface area contributed by atoms with Crippen LogP contribution in [0.4, 0.5) is 0 Å². The zero-order chi connectivity index (χ0) is 13.8. The summed E-state index contributed by atoms with van der Waals surface area (Å²) in [4.78, 5) is 14.2. The fourth-order valence-electron chi connectivity index (χ4n) is 2.31. The van der Waals surface area contributed by atoms with Gasteiger partial charge < -0.3 is 14.7 Å². The number of phenolic OH excluding ortho intramolecular Hbond substituents is 1. The molecule has 1 aromatic carbocycles. The van der Waals surface area contributed by atoms with Crippen LogP contribution in [0.2, 0.25) is 0 Å². The Labute approximate surface area is 114 Å². The van der Waals surface area contributed by atoms with Crippen LogP contribution >= 0.6 is 0 Å².